The smallest absolute Gasteiger partial charge is 0.127 e. The van der Waals surface area contributed by atoms with Gasteiger partial charge in [-0.15, -0.1) is 0 Å². The van der Waals surface area contributed by atoms with Crippen LogP contribution in [-0.4, -0.2) is 13.7 Å². The largest absolute Gasteiger partial charge is 0.496 e. The fourth-order valence-corrected chi connectivity index (χ4v) is 3.04. The number of hydrogen-bond acceptors (Lipinski definition) is 2. The highest BCUT2D eigenvalue weighted by atomic mass is 127. The topological polar surface area (TPSA) is 18.5 Å². The Balaban J connectivity index is 2.23. The van der Waals surface area contributed by atoms with E-state index in [1.807, 2.05) is 36.4 Å². The van der Waals surface area contributed by atoms with Gasteiger partial charge >= 0.3 is 0 Å². The predicted molar refractivity (Wildman–Crippen MR) is 85.0 cm³/mol. The van der Waals surface area contributed by atoms with E-state index in [0.29, 0.717) is 6.61 Å². The summed E-state index contributed by atoms with van der Waals surface area (Å²) in [6.07, 6.45) is 0. The summed E-state index contributed by atoms with van der Waals surface area (Å²) < 4.78 is 12.4. The summed E-state index contributed by atoms with van der Waals surface area (Å²) in [5.74, 6) is 1.83. The van der Waals surface area contributed by atoms with Gasteiger partial charge in [0.25, 0.3) is 0 Å². The van der Waals surface area contributed by atoms with E-state index in [0.717, 1.165) is 22.6 Å². The van der Waals surface area contributed by atoms with Gasteiger partial charge in [-0.25, -0.2) is 0 Å². The fourth-order valence-electron chi connectivity index (χ4n) is 2.30. The molecule has 0 atom stereocenters. The van der Waals surface area contributed by atoms with E-state index in [9.17, 15) is 0 Å². The molecule has 0 saturated carbocycles. The van der Waals surface area contributed by atoms with Crippen LogP contribution >= 0.6 is 22.6 Å². The quantitative estimate of drug-likeness (QED) is 0.741. The zero-order valence-electron chi connectivity index (χ0n) is 10.5. The van der Waals surface area contributed by atoms with Crippen molar-refractivity contribution in [2.75, 3.05) is 13.7 Å². The van der Waals surface area contributed by atoms with Gasteiger partial charge in [0.2, 0.25) is 0 Å². The Kier molecular flexibility index (Phi) is 3.46. The van der Waals surface area contributed by atoms with Crippen molar-refractivity contribution < 1.29 is 9.47 Å². The highest BCUT2D eigenvalue weighted by Crippen LogP contribution is 2.42. The van der Waals surface area contributed by atoms with Crippen LogP contribution in [0.3, 0.4) is 0 Å². The van der Waals surface area contributed by atoms with E-state index in [4.69, 9.17) is 9.47 Å². The zero-order valence-corrected chi connectivity index (χ0v) is 12.7. The van der Waals surface area contributed by atoms with E-state index in [2.05, 4.69) is 34.7 Å². The summed E-state index contributed by atoms with van der Waals surface area (Å²) in [7, 11) is 1.71. The molecule has 2 nitrogen and oxygen atoms in total. The molecular formula is C16H13IO2. The normalized spacial score (nSPS) is 13.8. The van der Waals surface area contributed by atoms with Crippen molar-refractivity contribution in [3.05, 3.63) is 63.2 Å². The van der Waals surface area contributed by atoms with Crippen LogP contribution in [0.1, 0.15) is 11.1 Å². The lowest BCUT2D eigenvalue weighted by atomic mass is 9.95. The molecule has 3 heteroatoms. The summed E-state index contributed by atoms with van der Waals surface area (Å²) in [4.78, 5) is 0. The van der Waals surface area contributed by atoms with Crippen LogP contribution in [0, 0.1) is 0 Å². The van der Waals surface area contributed by atoms with Crippen molar-refractivity contribution >= 4 is 28.2 Å². The third-order valence-electron chi connectivity index (χ3n) is 3.16. The number of para-hydroxylation sites is 2. The molecule has 0 aliphatic carbocycles. The molecule has 0 spiro atoms. The van der Waals surface area contributed by atoms with Crippen LogP contribution in [0.5, 0.6) is 11.5 Å². The molecule has 1 aliphatic rings. The molecule has 0 amide bonds. The molecular weight excluding hydrogens is 351 g/mol. The third-order valence-corrected chi connectivity index (χ3v) is 4.01. The summed E-state index contributed by atoms with van der Waals surface area (Å²) >= 11 is 2.35. The van der Waals surface area contributed by atoms with Gasteiger partial charge in [0.1, 0.15) is 18.1 Å². The molecule has 1 heterocycles. The molecule has 0 fully saturated rings. The molecule has 0 saturated heterocycles. The Bertz CT molecular complexity index is 647. The second-order valence-corrected chi connectivity index (χ2v) is 5.57. The first kappa shape index (κ1) is 12.5. The molecule has 96 valence electrons. The molecule has 0 radical (unpaired) electrons. The van der Waals surface area contributed by atoms with Crippen molar-refractivity contribution in [3.63, 3.8) is 0 Å². The molecule has 2 aromatic carbocycles. The van der Waals surface area contributed by atoms with E-state index in [1.165, 1.54) is 9.15 Å². The molecule has 2 aromatic rings. The fraction of sp³-hybridized carbons (Fsp3) is 0.125. The van der Waals surface area contributed by atoms with Crippen molar-refractivity contribution in [2.45, 2.75) is 0 Å². The summed E-state index contributed by atoms with van der Waals surface area (Å²) in [6, 6.07) is 16.2. The molecule has 0 aromatic heterocycles. The van der Waals surface area contributed by atoms with E-state index >= 15 is 0 Å². The standard InChI is InChI=1S/C16H13IO2/c1-18-14-8-4-2-6-11(14)16-12-7-3-5-9-15(12)19-10-13(16)17/h2-9H,10H2,1H3. The lowest BCUT2D eigenvalue weighted by molar-refractivity contribution is 0.355. The van der Waals surface area contributed by atoms with Crippen molar-refractivity contribution in [1.82, 2.24) is 0 Å². The van der Waals surface area contributed by atoms with Gasteiger partial charge in [-0.05, 0) is 34.7 Å². The van der Waals surface area contributed by atoms with Crippen molar-refractivity contribution in [2.24, 2.45) is 0 Å². The van der Waals surface area contributed by atoms with E-state index < -0.39 is 0 Å². The van der Waals surface area contributed by atoms with E-state index in [-0.39, 0.29) is 0 Å². The van der Waals surface area contributed by atoms with Crippen molar-refractivity contribution in [1.29, 1.82) is 0 Å². The monoisotopic (exact) mass is 364 g/mol. The number of rotatable bonds is 2. The van der Waals surface area contributed by atoms with Crippen LogP contribution in [0.2, 0.25) is 0 Å². The van der Waals surface area contributed by atoms with Gasteiger partial charge < -0.3 is 9.47 Å². The first-order valence-electron chi connectivity index (χ1n) is 6.05. The molecule has 0 unspecified atom stereocenters. The number of methoxy groups -OCH3 is 1. The van der Waals surface area contributed by atoms with Crippen LogP contribution in [0.15, 0.2) is 52.1 Å². The number of hydrogen-bond donors (Lipinski definition) is 0. The summed E-state index contributed by atoms with van der Waals surface area (Å²) in [5, 5.41) is 0. The molecule has 0 bridgehead atoms. The summed E-state index contributed by atoms with van der Waals surface area (Å²) in [6.45, 7) is 0.616. The first-order chi connectivity index (χ1) is 9.31. The van der Waals surface area contributed by atoms with Crippen LogP contribution < -0.4 is 9.47 Å². The van der Waals surface area contributed by atoms with Gasteiger partial charge in [0.15, 0.2) is 0 Å². The highest BCUT2D eigenvalue weighted by molar-refractivity contribution is 14.1. The van der Waals surface area contributed by atoms with Crippen LogP contribution in [-0.2, 0) is 0 Å². The zero-order chi connectivity index (χ0) is 13.2. The van der Waals surface area contributed by atoms with E-state index in [1.54, 1.807) is 7.11 Å². The second kappa shape index (κ2) is 5.25. The number of benzene rings is 2. The highest BCUT2D eigenvalue weighted by Gasteiger charge is 2.21. The lowest BCUT2D eigenvalue weighted by Crippen LogP contribution is -2.09. The molecule has 1 aliphatic heterocycles. The van der Waals surface area contributed by atoms with Crippen molar-refractivity contribution in [3.8, 4) is 11.5 Å². The van der Waals surface area contributed by atoms with Gasteiger partial charge in [-0.1, -0.05) is 36.4 Å². The third kappa shape index (κ3) is 2.23. The second-order valence-electron chi connectivity index (χ2n) is 4.27. The number of ether oxygens (including phenoxy) is 2. The number of fused-ring (bicyclic) bond motifs is 1. The summed E-state index contributed by atoms with van der Waals surface area (Å²) in [5.41, 5.74) is 3.45. The number of halogens is 1. The Hall–Kier alpha value is -1.49. The maximum Gasteiger partial charge on any atom is 0.127 e. The Morgan fingerprint density at radius 3 is 2.47 bits per heavy atom. The van der Waals surface area contributed by atoms with Gasteiger partial charge in [0, 0.05) is 20.3 Å². The SMILES string of the molecule is COc1ccccc1C1=C(I)COc2ccccc21. The average molecular weight is 364 g/mol. The first-order valence-corrected chi connectivity index (χ1v) is 7.13. The molecule has 19 heavy (non-hydrogen) atoms. The van der Waals surface area contributed by atoms with Gasteiger partial charge in [-0.3, -0.25) is 0 Å². The Morgan fingerprint density at radius 1 is 1.00 bits per heavy atom. The Labute approximate surface area is 126 Å². The minimum atomic E-state index is 0.616. The van der Waals surface area contributed by atoms with Crippen LogP contribution in [0.25, 0.3) is 5.57 Å². The lowest BCUT2D eigenvalue weighted by Gasteiger charge is -2.22. The van der Waals surface area contributed by atoms with Crippen LogP contribution in [0.4, 0.5) is 0 Å². The minimum absolute atomic E-state index is 0.616. The maximum atomic E-state index is 5.75. The average Bonchev–Trinajstić information content (AvgIpc) is 2.47. The minimum Gasteiger partial charge on any atom is -0.496 e. The van der Waals surface area contributed by atoms with Gasteiger partial charge in [0.05, 0.1) is 7.11 Å². The molecule has 0 N–H and O–H groups in total. The Morgan fingerprint density at radius 2 is 1.68 bits per heavy atom. The molecule has 3 rings (SSSR count). The predicted octanol–water partition coefficient (Wildman–Crippen LogP) is 4.28. The van der Waals surface area contributed by atoms with Gasteiger partial charge in [-0.2, -0.15) is 0 Å². The maximum absolute atomic E-state index is 5.75.